The van der Waals surface area contributed by atoms with Gasteiger partial charge < -0.3 is 10.1 Å². The smallest absolute Gasteiger partial charge is 0.241 e. The summed E-state index contributed by atoms with van der Waals surface area (Å²) in [5.74, 6) is 0.408. The van der Waals surface area contributed by atoms with Crippen LogP contribution >= 0.6 is 11.8 Å². The first kappa shape index (κ1) is 21.2. The molecule has 0 radical (unpaired) electrons. The molecule has 1 unspecified atom stereocenters. The normalized spacial score (nSPS) is 17.0. The highest BCUT2D eigenvalue weighted by atomic mass is 32.2. The molecule has 1 fully saturated rings. The Hall–Kier alpha value is -1.13. The third-order valence-corrected chi connectivity index (χ3v) is 6.24. The molecule has 1 atom stereocenters. The number of thioether (sulfide) groups is 1. The van der Waals surface area contributed by atoms with Crippen molar-refractivity contribution in [2.24, 2.45) is 0 Å². The van der Waals surface area contributed by atoms with Crippen molar-refractivity contribution in [3.8, 4) is 0 Å². The molecular weight excluding hydrogens is 374 g/mol. The van der Waals surface area contributed by atoms with Gasteiger partial charge in [-0.25, -0.2) is 8.42 Å². The van der Waals surface area contributed by atoms with Crippen molar-refractivity contribution >= 4 is 27.7 Å². The van der Waals surface area contributed by atoms with Crippen LogP contribution in [0.1, 0.15) is 6.42 Å². The number of nitrogens with one attached hydrogen (secondary N) is 2. The topological polar surface area (TPSA) is 87.7 Å². The van der Waals surface area contributed by atoms with Crippen LogP contribution in [-0.2, 0) is 19.6 Å². The molecule has 7 nitrogen and oxygen atoms in total. The maximum Gasteiger partial charge on any atom is 0.241 e. The summed E-state index contributed by atoms with van der Waals surface area (Å²) in [6.45, 7) is 4.35. The van der Waals surface area contributed by atoms with Gasteiger partial charge in [0, 0.05) is 26.2 Å². The van der Waals surface area contributed by atoms with E-state index in [1.54, 1.807) is 30.0 Å². The lowest BCUT2D eigenvalue weighted by molar-refractivity contribution is -0.122. The first-order valence-corrected chi connectivity index (χ1v) is 11.5. The fraction of sp³-hybridized carbons (Fsp3) is 0.588. The van der Waals surface area contributed by atoms with Crippen LogP contribution in [0.5, 0.6) is 0 Å². The van der Waals surface area contributed by atoms with Crippen molar-refractivity contribution in [2.45, 2.75) is 17.4 Å². The molecule has 1 aromatic carbocycles. The van der Waals surface area contributed by atoms with E-state index in [1.165, 1.54) is 12.1 Å². The van der Waals surface area contributed by atoms with Gasteiger partial charge in [-0.15, -0.1) is 0 Å². The number of hydrogen-bond acceptors (Lipinski definition) is 6. The lowest BCUT2D eigenvalue weighted by atomic mass is 10.2. The highest BCUT2D eigenvalue weighted by Gasteiger charge is 2.25. The summed E-state index contributed by atoms with van der Waals surface area (Å²) >= 11 is 1.58. The second kappa shape index (κ2) is 10.9. The Balaban J connectivity index is 1.91. The minimum Gasteiger partial charge on any atom is -0.379 e. The van der Waals surface area contributed by atoms with Gasteiger partial charge >= 0.3 is 0 Å². The third-order valence-electron chi connectivity index (χ3n) is 4.11. The monoisotopic (exact) mass is 401 g/mol. The first-order valence-electron chi connectivity index (χ1n) is 8.67. The highest BCUT2D eigenvalue weighted by molar-refractivity contribution is 7.98. The van der Waals surface area contributed by atoms with Crippen LogP contribution in [-0.4, -0.2) is 76.7 Å². The Morgan fingerprint density at radius 1 is 1.27 bits per heavy atom. The standard InChI is InChI=1S/C17H27N3O4S2/c1-25-14-7-16(19-26(22,23)15-5-3-2-4-6-15)17(21)18-8-9-20-10-12-24-13-11-20/h2-6,16,19H,7-14H2,1H3,(H,18,21). The van der Waals surface area contributed by atoms with Crippen LogP contribution in [0.15, 0.2) is 35.2 Å². The maximum atomic E-state index is 12.5. The molecule has 1 aliphatic heterocycles. The number of morpholine rings is 1. The van der Waals surface area contributed by atoms with Gasteiger partial charge in [-0.3, -0.25) is 9.69 Å². The quantitative estimate of drug-likeness (QED) is 0.595. The summed E-state index contributed by atoms with van der Waals surface area (Å²) < 4.78 is 32.9. The van der Waals surface area contributed by atoms with Gasteiger partial charge in [-0.2, -0.15) is 16.5 Å². The van der Waals surface area contributed by atoms with E-state index in [0.717, 1.165) is 19.6 Å². The lowest BCUT2D eigenvalue weighted by Gasteiger charge is -2.27. The predicted molar refractivity (Wildman–Crippen MR) is 104 cm³/mol. The van der Waals surface area contributed by atoms with Crippen LogP contribution < -0.4 is 10.0 Å². The van der Waals surface area contributed by atoms with Gasteiger partial charge in [-0.1, -0.05) is 18.2 Å². The van der Waals surface area contributed by atoms with Gasteiger partial charge in [0.15, 0.2) is 0 Å². The van der Waals surface area contributed by atoms with E-state index in [4.69, 9.17) is 4.74 Å². The van der Waals surface area contributed by atoms with Gasteiger partial charge in [0.25, 0.3) is 0 Å². The van der Waals surface area contributed by atoms with Crippen molar-refractivity contribution in [3.05, 3.63) is 30.3 Å². The Bertz CT molecular complexity index is 649. The van der Waals surface area contributed by atoms with Crippen LogP contribution in [0.2, 0.25) is 0 Å². The summed E-state index contributed by atoms with van der Waals surface area (Å²) in [5, 5.41) is 2.86. The summed E-state index contributed by atoms with van der Waals surface area (Å²) in [4.78, 5) is 14.9. The van der Waals surface area contributed by atoms with Gasteiger partial charge in [0.05, 0.1) is 18.1 Å². The molecular formula is C17H27N3O4S2. The molecule has 1 aromatic rings. The van der Waals surface area contributed by atoms with Crippen LogP contribution in [0.25, 0.3) is 0 Å². The molecule has 0 spiro atoms. The third kappa shape index (κ3) is 6.88. The Labute approximate surface area is 159 Å². The maximum absolute atomic E-state index is 12.5. The van der Waals surface area contributed by atoms with Crippen LogP contribution in [0.4, 0.5) is 0 Å². The number of benzene rings is 1. The van der Waals surface area contributed by atoms with Gasteiger partial charge in [0.2, 0.25) is 15.9 Å². The minimum absolute atomic E-state index is 0.162. The molecule has 26 heavy (non-hydrogen) atoms. The second-order valence-electron chi connectivity index (χ2n) is 6.01. The van der Waals surface area contributed by atoms with Gasteiger partial charge in [0.1, 0.15) is 6.04 Å². The zero-order valence-electron chi connectivity index (χ0n) is 15.0. The Kier molecular flexibility index (Phi) is 8.86. The van der Waals surface area contributed by atoms with Crippen molar-refractivity contribution in [1.29, 1.82) is 0 Å². The number of ether oxygens (including phenoxy) is 1. The molecule has 1 amide bonds. The zero-order chi connectivity index (χ0) is 18.8. The van der Waals surface area contributed by atoms with E-state index >= 15 is 0 Å². The van der Waals surface area contributed by atoms with E-state index in [1.807, 2.05) is 6.26 Å². The average Bonchev–Trinajstić information content (AvgIpc) is 2.66. The number of rotatable bonds is 10. The molecule has 0 aliphatic carbocycles. The fourth-order valence-electron chi connectivity index (χ4n) is 2.62. The molecule has 1 heterocycles. The fourth-order valence-corrected chi connectivity index (χ4v) is 4.34. The van der Waals surface area contributed by atoms with Crippen LogP contribution in [0, 0.1) is 0 Å². The molecule has 0 aromatic heterocycles. The number of carbonyl (C=O) groups excluding carboxylic acids is 1. The second-order valence-corrected chi connectivity index (χ2v) is 8.71. The van der Waals surface area contributed by atoms with E-state index in [-0.39, 0.29) is 10.8 Å². The van der Waals surface area contributed by atoms with Gasteiger partial charge in [-0.05, 0) is 30.6 Å². The lowest BCUT2D eigenvalue weighted by Crippen LogP contribution is -2.49. The molecule has 1 saturated heterocycles. The molecule has 2 rings (SSSR count). The highest BCUT2D eigenvalue weighted by Crippen LogP contribution is 2.10. The summed E-state index contributed by atoms with van der Waals surface area (Å²) in [6.07, 6.45) is 2.37. The van der Waals surface area contributed by atoms with Crippen molar-refractivity contribution in [1.82, 2.24) is 14.9 Å². The number of hydrogen-bond donors (Lipinski definition) is 2. The molecule has 146 valence electrons. The number of amides is 1. The van der Waals surface area contributed by atoms with E-state index in [2.05, 4.69) is 14.9 Å². The van der Waals surface area contributed by atoms with Crippen molar-refractivity contribution < 1.29 is 17.9 Å². The predicted octanol–water partition coefficient (Wildman–Crippen LogP) is 0.535. The largest absolute Gasteiger partial charge is 0.379 e. The Morgan fingerprint density at radius 3 is 2.62 bits per heavy atom. The number of sulfonamides is 1. The average molecular weight is 402 g/mol. The molecule has 0 bridgehead atoms. The molecule has 1 aliphatic rings. The van der Waals surface area contributed by atoms with E-state index < -0.39 is 16.1 Å². The summed E-state index contributed by atoms with van der Waals surface area (Å²) in [5.41, 5.74) is 0. The van der Waals surface area contributed by atoms with Crippen LogP contribution in [0.3, 0.4) is 0 Å². The SMILES string of the molecule is CSCCC(NS(=O)(=O)c1ccccc1)C(=O)NCCN1CCOCC1. The van der Waals surface area contributed by atoms with Crippen molar-refractivity contribution in [2.75, 3.05) is 51.4 Å². The number of carbonyl (C=O) groups is 1. The minimum atomic E-state index is -3.73. The Morgan fingerprint density at radius 2 is 1.96 bits per heavy atom. The zero-order valence-corrected chi connectivity index (χ0v) is 16.7. The van der Waals surface area contributed by atoms with E-state index in [0.29, 0.717) is 31.9 Å². The molecule has 2 N–H and O–H groups in total. The summed E-state index contributed by atoms with van der Waals surface area (Å²) in [6, 6.07) is 7.33. The van der Waals surface area contributed by atoms with Crippen molar-refractivity contribution in [3.63, 3.8) is 0 Å². The van der Waals surface area contributed by atoms with E-state index in [9.17, 15) is 13.2 Å². The first-order chi connectivity index (χ1) is 12.5. The molecule has 0 saturated carbocycles. The number of nitrogens with zero attached hydrogens (tertiary/aromatic N) is 1. The molecule has 9 heteroatoms. The summed E-state index contributed by atoms with van der Waals surface area (Å²) in [7, 11) is -3.73.